The lowest BCUT2D eigenvalue weighted by molar-refractivity contribution is -0.136. The monoisotopic (exact) mass is 388 g/mol. The molecule has 0 spiro atoms. The Morgan fingerprint density at radius 1 is 1.37 bits per heavy atom. The predicted molar refractivity (Wildman–Crippen MR) is 90.3 cm³/mol. The van der Waals surface area contributed by atoms with Gasteiger partial charge < -0.3 is 15.2 Å². The lowest BCUT2D eigenvalue weighted by Crippen LogP contribution is -2.38. The molecule has 0 atom stereocenters. The number of rotatable bonds is 4. The minimum Gasteiger partial charge on any atom is -0.483 e. The number of alkyl halides is 3. The van der Waals surface area contributed by atoms with Crippen molar-refractivity contribution in [2.45, 2.75) is 12.6 Å². The summed E-state index contributed by atoms with van der Waals surface area (Å²) in [6.07, 6.45) is -4.24. The van der Waals surface area contributed by atoms with Crippen molar-refractivity contribution in [3.05, 3.63) is 23.8 Å². The van der Waals surface area contributed by atoms with Crippen LogP contribution in [0, 0.1) is 0 Å². The molecule has 0 saturated carbocycles. The fourth-order valence-corrected chi connectivity index (χ4v) is 2.65. The Balaban J connectivity index is 0.000000817. The maximum Gasteiger partial charge on any atom is 0.418 e. The highest BCUT2D eigenvalue weighted by Crippen LogP contribution is 2.35. The number of nitrogens with one attached hydrogen (secondary N) is 2. The van der Waals surface area contributed by atoms with Crippen molar-refractivity contribution in [1.29, 1.82) is 0 Å². The number of carbonyl (C=O) groups is 2. The fourth-order valence-electron chi connectivity index (χ4n) is 2.65. The number of aromatic nitrogens is 2. The molecule has 1 aliphatic heterocycles. The topological polar surface area (TPSA) is 108 Å². The highest BCUT2D eigenvalue weighted by molar-refractivity contribution is 6.00. The predicted octanol–water partition coefficient (Wildman–Crippen LogP) is 1.94. The number of H-pyrrole nitrogens is 1. The summed E-state index contributed by atoms with van der Waals surface area (Å²) >= 11 is 0. The molecule has 2 aromatic rings. The summed E-state index contributed by atoms with van der Waals surface area (Å²) in [6, 6.07) is 3.76. The van der Waals surface area contributed by atoms with Gasteiger partial charge in [0, 0.05) is 31.4 Å². The van der Waals surface area contributed by atoms with E-state index < -0.39 is 11.7 Å². The number of amides is 1. The minimum atomic E-state index is -4.48. The summed E-state index contributed by atoms with van der Waals surface area (Å²) in [6.45, 7) is 3.16. The Bertz CT molecular complexity index is 773. The zero-order valence-electron chi connectivity index (χ0n) is 14.3. The summed E-state index contributed by atoms with van der Waals surface area (Å²) in [5.41, 5.74) is -0.935. The average molecular weight is 388 g/mol. The number of aromatic amines is 1. The van der Waals surface area contributed by atoms with Crippen molar-refractivity contribution in [3.63, 3.8) is 0 Å². The maximum atomic E-state index is 13.0. The van der Waals surface area contributed by atoms with Crippen LogP contribution >= 0.6 is 0 Å². The second-order valence-electron chi connectivity index (χ2n) is 5.66. The van der Waals surface area contributed by atoms with Crippen molar-refractivity contribution in [2.24, 2.45) is 0 Å². The summed E-state index contributed by atoms with van der Waals surface area (Å²) in [5, 5.41) is 15.9. The summed E-state index contributed by atoms with van der Waals surface area (Å²) < 4.78 is 44.1. The van der Waals surface area contributed by atoms with Crippen molar-refractivity contribution >= 4 is 29.1 Å². The van der Waals surface area contributed by atoms with Crippen molar-refractivity contribution in [3.8, 4) is 0 Å². The minimum absolute atomic E-state index is 0.114. The van der Waals surface area contributed by atoms with Crippen LogP contribution in [0.2, 0.25) is 0 Å². The lowest BCUT2D eigenvalue weighted by atomic mass is 10.1. The Morgan fingerprint density at radius 2 is 2.04 bits per heavy atom. The van der Waals surface area contributed by atoms with E-state index in [1.165, 1.54) is 12.1 Å². The molecule has 1 amide bonds. The third kappa shape index (κ3) is 5.66. The van der Waals surface area contributed by atoms with E-state index in [1.54, 1.807) is 0 Å². The van der Waals surface area contributed by atoms with Gasteiger partial charge in [-0.3, -0.25) is 19.6 Å². The zero-order chi connectivity index (χ0) is 19.9. The molecule has 0 radical (unpaired) electrons. The highest BCUT2D eigenvalue weighted by Gasteiger charge is 2.33. The molecule has 1 aliphatic rings. The Labute approximate surface area is 152 Å². The zero-order valence-corrected chi connectivity index (χ0v) is 14.3. The van der Waals surface area contributed by atoms with E-state index in [2.05, 4.69) is 20.4 Å². The number of halogens is 3. The molecule has 1 aromatic carbocycles. The molecule has 148 valence electrons. The number of hydrogen-bond donors (Lipinski definition) is 3. The molecule has 0 bridgehead atoms. The first-order valence-corrected chi connectivity index (χ1v) is 8.09. The van der Waals surface area contributed by atoms with Crippen LogP contribution in [0.3, 0.4) is 0 Å². The second kappa shape index (κ2) is 9.33. The van der Waals surface area contributed by atoms with Gasteiger partial charge in [-0.1, -0.05) is 6.07 Å². The van der Waals surface area contributed by atoms with Gasteiger partial charge in [0.2, 0.25) is 5.91 Å². The lowest BCUT2D eigenvalue weighted by Gasteiger charge is -2.26. The molecule has 0 unspecified atom stereocenters. The van der Waals surface area contributed by atoms with Gasteiger partial charge in [0.15, 0.2) is 5.82 Å². The van der Waals surface area contributed by atoms with E-state index >= 15 is 0 Å². The third-order valence-corrected chi connectivity index (χ3v) is 3.92. The number of ether oxygens (including phenoxy) is 1. The van der Waals surface area contributed by atoms with Crippen molar-refractivity contribution in [2.75, 3.05) is 38.2 Å². The van der Waals surface area contributed by atoms with Gasteiger partial charge in [-0.15, -0.1) is 0 Å². The quantitative estimate of drug-likeness (QED) is 0.691. The van der Waals surface area contributed by atoms with Crippen LogP contribution in [-0.2, 0) is 20.5 Å². The standard InChI is InChI=1S/C15H17F3N4O2.CH2O2/c16-15(17,18)11-3-1-2-10-13(11)20-21-14(10)19-12(23)4-5-22-6-8-24-9-7-22;2-1-3/h1-3H,4-9H2,(H2,19,20,21,23);1H,(H,2,3). The first-order chi connectivity index (χ1) is 12.9. The first kappa shape index (κ1) is 20.6. The number of para-hydroxylation sites is 1. The molecule has 0 aliphatic carbocycles. The summed E-state index contributed by atoms with van der Waals surface area (Å²) in [4.78, 5) is 22.5. The van der Waals surface area contributed by atoms with Gasteiger partial charge in [0.05, 0.1) is 24.3 Å². The third-order valence-electron chi connectivity index (χ3n) is 3.92. The molecule has 1 aromatic heterocycles. The van der Waals surface area contributed by atoms with Gasteiger partial charge in [0.1, 0.15) is 0 Å². The fraction of sp³-hybridized carbons (Fsp3) is 0.438. The van der Waals surface area contributed by atoms with E-state index in [9.17, 15) is 18.0 Å². The number of fused-ring (bicyclic) bond motifs is 1. The van der Waals surface area contributed by atoms with E-state index in [-0.39, 0.29) is 35.5 Å². The van der Waals surface area contributed by atoms with Crippen LogP contribution in [0.4, 0.5) is 19.0 Å². The molecule has 11 heteroatoms. The van der Waals surface area contributed by atoms with Crippen LogP contribution in [0.5, 0.6) is 0 Å². The van der Waals surface area contributed by atoms with E-state index in [0.717, 1.165) is 19.2 Å². The van der Waals surface area contributed by atoms with Crippen LogP contribution in [0.25, 0.3) is 10.9 Å². The Hall–Kier alpha value is -2.66. The summed E-state index contributed by atoms with van der Waals surface area (Å²) in [5.74, 6) is -0.171. The Morgan fingerprint density at radius 3 is 2.67 bits per heavy atom. The van der Waals surface area contributed by atoms with E-state index in [1.807, 2.05) is 0 Å². The molecule has 3 N–H and O–H groups in total. The number of hydrogen-bond acceptors (Lipinski definition) is 5. The van der Waals surface area contributed by atoms with Gasteiger partial charge in [0.25, 0.3) is 6.47 Å². The van der Waals surface area contributed by atoms with E-state index in [0.29, 0.717) is 19.8 Å². The number of nitrogens with zero attached hydrogens (tertiary/aromatic N) is 2. The molecule has 8 nitrogen and oxygen atoms in total. The van der Waals surface area contributed by atoms with Gasteiger partial charge in [-0.25, -0.2) is 0 Å². The molecule has 1 fully saturated rings. The highest BCUT2D eigenvalue weighted by atomic mass is 19.4. The SMILES string of the molecule is O=C(CCN1CCOCC1)Nc1n[nH]c2c(C(F)(F)F)cccc12.O=CO. The van der Waals surface area contributed by atoms with Gasteiger partial charge in [-0.05, 0) is 12.1 Å². The number of morpholine rings is 1. The molecule has 3 rings (SSSR count). The Kier molecular flexibility index (Phi) is 7.13. The first-order valence-electron chi connectivity index (χ1n) is 8.09. The van der Waals surface area contributed by atoms with Crippen LogP contribution in [0.15, 0.2) is 18.2 Å². The normalized spacial score (nSPS) is 15.1. The molecular formula is C16H19F3N4O4. The van der Waals surface area contributed by atoms with Crippen LogP contribution in [0.1, 0.15) is 12.0 Å². The van der Waals surface area contributed by atoms with Gasteiger partial charge >= 0.3 is 6.18 Å². The average Bonchev–Trinajstić information content (AvgIpc) is 3.03. The number of benzene rings is 1. The molecule has 27 heavy (non-hydrogen) atoms. The second-order valence-corrected chi connectivity index (χ2v) is 5.66. The maximum absolute atomic E-state index is 13.0. The van der Waals surface area contributed by atoms with Crippen molar-refractivity contribution < 1.29 is 32.6 Å². The molecular weight excluding hydrogens is 369 g/mol. The van der Waals surface area contributed by atoms with E-state index in [4.69, 9.17) is 14.6 Å². The largest absolute Gasteiger partial charge is 0.483 e. The number of carboxylic acid groups (broad SMARTS) is 1. The number of anilines is 1. The molecule has 1 saturated heterocycles. The number of carbonyl (C=O) groups excluding carboxylic acids is 1. The molecule has 2 heterocycles. The van der Waals surface area contributed by atoms with Gasteiger partial charge in [-0.2, -0.15) is 18.3 Å². The smallest absolute Gasteiger partial charge is 0.418 e. The van der Waals surface area contributed by atoms with Crippen molar-refractivity contribution in [1.82, 2.24) is 15.1 Å². The summed E-state index contributed by atoms with van der Waals surface area (Å²) in [7, 11) is 0. The van der Waals surface area contributed by atoms with Crippen LogP contribution < -0.4 is 5.32 Å². The van der Waals surface area contributed by atoms with Crippen LogP contribution in [-0.4, -0.2) is 65.4 Å².